The fourth-order valence-corrected chi connectivity index (χ4v) is 0.734. The van der Waals surface area contributed by atoms with Crippen molar-refractivity contribution >= 4 is 8.60 Å². The van der Waals surface area contributed by atoms with Crippen LogP contribution in [0.4, 0.5) is 0 Å². The molecule has 0 aromatic rings. The summed E-state index contributed by atoms with van der Waals surface area (Å²) in [5.41, 5.74) is 5.35. The average Bonchev–Trinajstić information content (AvgIpc) is 1.63. The fourth-order valence-electron chi connectivity index (χ4n) is 0.245. The Labute approximate surface area is 55.6 Å². The third-order valence-electron chi connectivity index (χ3n) is 1.00. The van der Waals surface area contributed by atoms with Gasteiger partial charge in [0.1, 0.15) is 0 Å². The Bertz CT molecular complexity index is 78.2. The zero-order valence-electron chi connectivity index (χ0n) is 5.48. The summed E-state index contributed by atoms with van der Waals surface area (Å²) in [6.45, 7) is 3.43. The van der Waals surface area contributed by atoms with E-state index >= 15 is 0 Å². The van der Waals surface area contributed by atoms with Gasteiger partial charge in [-0.05, 0) is 13.8 Å². The summed E-state index contributed by atoms with van der Waals surface area (Å²) in [4.78, 5) is 16.6. The van der Waals surface area contributed by atoms with Gasteiger partial charge in [-0.2, -0.15) is 0 Å². The first-order valence-electron chi connectivity index (χ1n) is 2.64. The average molecular weight is 153 g/mol. The highest BCUT2D eigenvalue weighted by Gasteiger charge is 2.11. The van der Waals surface area contributed by atoms with Gasteiger partial charge in [-0.25, -0.2) is 0 Å². The summed E-state index contributed by atoms with van der Waals surface area (Å²) in [6, 6.07) is -0.172. The lowest BCUT2D eigenvalue weighted by atomic mass is 10.2. The molecule has 0 bridgehead atoms. The highest BCUT2D eigenvalue weighted by atomic mass is 31.2. The maximum Gasteiger partial charge on any atom is 0.327 e. The summed E-state index contributed by atoms with van der Waals surface area (Å²) in [5.74, 6) is 0. The maximum absolute atomic E-state index is 8.31. The Morgan fingerprint density at radius 2 is 1.89 bits per heavy atom. The summed E-state index contributed by atoms with van der Waals surface area (Å²) in [5, 5.41) is 0. The van der Waals surface area contributed by atoms with Crippen LogP contribution in [0.3, 0.4) is 0 Å². The van der Waals surface area contributed by atoms with Crippen molar-refractivity contribution in [1.82, 2.24) is 0 Å². The lowest BCUT2D eigenvalue weighted by Gasteiger charge is -2.15. The predicted octanol–water partition coefficient (Wildman–Crippen LogP) is -0.0498. The molecular weight excluding hydrogens is 141 g/mol. The molecule has 56 valence electrons. The second kappa shape index (κ2) is 4.14. The van der Waals surface area contributed by atoms with E-state index in [9.17, 15) is 0 Å². The van der Waals surface area contributed by atoms with Crippen molar-refractivity contribution in [3.63, 3.8) is 0 Å². The SMILES string of the molecule is CC(N)C(C)OP(O)O. The van der Waals surface area contributed by atoms with Gasteiger partial charge in [0.2, 0.25) is 0 Å². The largest absolute Gasteiger partial charge is 0.328 e. The highest BCUT2D eigenvalue weighted by molar-refractivity contribution is 7.39. The minimum absolute atomic E-state index is 0.172. The first-order chi connectivity index (χ1) is 4.04. The molecule has 0 fully saturated rings. The van der Waals surface area contributed by atoms with Crippen molar-refractivity contribution in [2.24, 2.45) is 5.73 Å². The lowest BCUT2D eigenvalue weighted by molar-refractivity contribution is 0.166. The normalized spacial score (nSPS) is 18.0. The molecule has 0 rings (SSSR count). The van der Waals surface area contributed by atoms with E-state index in [1.807, 2.05) is 0 Å². The second-order valence-electron chi connectivity index (χ2n) is 1.92. The first kappa shape index (κ1) is 9.27. The molecular formula is C4H12NO3P. The molecule has 0 spiro atoms. The van der Waals surface area contributed by atoms with Gasteiger partial charge < -0.3 is 20.0 Å². The van der Waals surface area contributed by atoms with Crippen LogP contribution in [0.5, 0.6) is 0 Å². The lowest BCUT2D eigenvalue weighted by Crippen LogP contribution is -2.29. The summed E-state index contributed by atoms with van der Waals surface area (Å²) in [6.07, 6.45) is -0.300. The van der Waals surface area contributed by atoms with E-state index in [1.54, 1.807) is 13.8 Å². The molecule has 0 saturated carbocycles. The molecule has 9 heavy (non-hydrogen) atoms. The third kappa shape index (κ3) is 4.75. The van der Waals surface area contributed by atoms with Crippen LogP contribution in [0, 0.1) is 0 Å². The van der Waals surface area contributed by atoms with Gasteiger partial charge in [0.05, 0.1) is 6.10 Å². The smallest absolute Gasteiger partial charge is 0.327 e. The van der Waals surface area contributed by atoms with Crippen molar-refractivity contribution in [3.05, 3.63) is 0 Å². The van der Waals surface area contributed by atoms with Gasteiger partial charge in [0.15, 0.2) is 0 Å². The molecule has 0 aliphatic rings. The van der Waals surface area contributed by atoms with Crippen LogP contribution in [-0.2, 0) is 4.52 Å². The molecule has 0 aromatic carbocycles. The van der Waals surface area contributed by atoms with Crippen LogP contribution < -0.4 is 5.73 Å². The van der Waals surface area contributed by atoms with Crippen molar-refractivity contribution in [2.75, 3.05) is 0 Å². The van der Waals surface area contributed by atoms with E-state index in [-0.39, 0.29) is 12.1 Å². The molecule has 0 radical (unpaired) electrons. The highest BCUT2D eigenvalue weighted by Crippen LogP contribution is 2.27. The minimum Gasteiger partial charge on any atom is -0.328 e. The Morgan fingerprint density at radius 1 is 1.44 bits per heavy atom. The molecule has 2 unspecified atom stereocenters. The van der Waals surface area contributed by atoms with Crippen LogP contribution in [0.2, 0.25) is 0 Å². The molecule has 0 saturated heterocycles. The Hall–Kier alpha value is 0.270. The molecule has 5 heteroatoms. The molecule has 2 atom stereocenters. The molecule has 0 aliphatic carbocycles. The third-order valence-corrected chi connectivity index (χ3v) is 1.52. The van der Waals surface area contributed by atoms with E-state index in [1.165, 1.54) is 0 Å². The Balaban J connectivity index is 3.38. The van der Waals surface area contributed by atoms with Crippen molar-refractivity contribution in [3.8, 4) is 0 Å². The van der Waals surface area contributed by atoms with E-state index in [0.29, 0.717) is 0 Å². The minimum atomic E-state index is -2.25. The topological polar surface area (TPSA) is 75.7 Å². The van der Waals surface area contributed by atoms with Gasteiger partial charge in [0.25, 0.3) is 0 Å². The van der Waals surface area contributed by atoms with Crippen LogP contribution in [-0.4, -0.2) is 21.9 Å². The molecule has 0 amide bonds. The quantitative estimate of drug-likeness (QED) is 0.497. The molecule has 4 N–H and O–H groups in total. The predicted molar refractivity (Wildman–Crippen MR) is 35.6 cm³/mol. The van der Waals surface area contributed by atoms with Crippen molar-refractivity contribution in [2.45, 2.75) is 26.0 Å². The van der Waals surface area contributed by atoms with Crippen LogP contribution in [0.1, 0.15) is 13.8 Å². The molecule has 4 nitrogen and oxygen atoms in total. The number of hydrogen-bond donors (Lipinski definition) is 3. The second-order valence-corrected chi connectivity index (χ2v) is 2.64. The van der Waals surface area contributed by atoms with E-state index in [0.717, 1.165) is 0 Å². The number of hydrogen-bond acceptors (Lipinski definition) is 4. The Morgan fingerprint density at radius 3 is 2.00 bits per heavy atom. The van der Waals surface area contributed by atoms with Crippen LogP contribution >= 0.6 is 8.60 Å². The molecule has 0 heterocycles. The van der Waals surface area contributed by atoms with Crippen molar-refractivity contribution < 1.29 is 14.3 Å². The fraction of sp³-hybridized carbons (Fsp3) is 1.00. The van der Waals surface area contributed by atoms with Gasteiger partial charge in [-0.1, -0.05) is 0 Å². The molecule has 0 aliphatic heterocycles. The summed E-state index contributed by atoms with van der Waals surface area (Å²) in [7, 11) is -2.25. The zero-order chi connectivity index (χ0) is 7.44. The monoisotopic (exact) mass is 153 g/mol. The van der Waals surface area contributed by atoms with Crippen LogP contribution in [0.15, 0.2) is 0 Å². The number of rotatable bonds is 3. The van der Waals surface area contributed by atoms with Gasteiger partial charge in [0, 0.05) is 6.04 Å². The van der Waals surface area contributed by atoms with Gasteiger partial charge >= 0.3 is 8.60 Å². The Kier molecular flexibility index (Phi) is 4.27. The van der Waals surface area contributed by atoms with E-state index < -0.39 is 8.60 Å². The van der Waals surface area contributed by atoms with Crippen LogP contribution in [0.25, 0.3) is 0 Å². The maximum atomic E-state index is 8.31. The zero-order valence-corrected chi connectivity index (χ0v) is 6.38. The van der Waals surface area contributed by atoms with E-state index in [2.05, 4.69) is 4.52 Å². The molecule has 0 aromatic heterocycles. The number of nitrogens with two attached hydrogens (primary N) is 1. The van der Waals surface area contributed by atoms with Crippen molar-refractivity contribution in [1.29, 1.82) is 0 Å². The van der Waals surface area contributed by atoms with E-state index in [4.69, 9.17) is 15.5 Å². The summed E-state index contributed by atoms with van der Waals surface area (Å²) < 4.78 is 4.56. The van der Waals surface area contributed by atoms with Gasteiger partial charge in [-0.3, -0.25) is 0 Å². The summed E-state index contributed by atoms with van der Waals surface area (Å²) >= 11 is 0. The first-order valence-corrected chi connectivity index (χ1v) is 3.80. The standard InChI is InChI=1S/C4H12NO3P/c1-3(5)4(2)8-9(6)7/h3-4,6-7H,5H2,1-2H3. The van der Waals surface area contributed by atoms with Gasteiger partial charge in [-0.15, -0.1) is 0 Å².